The molecule has 0 saturated carbocycles. The zero-order chi connectivity index (χ0) is 22.3. The molecule has 0 unspecified atom stereocenters. The number of aromatic nitrogens is 2. The zero-order valence-electron chi connectivity index (χ0n) is 19.7. The van der Waals surface area contributed by atoms with Gasteiger partial charge in [0.1, 0.15) is 11.6 Å². The Morgan fingerprint density at radius 2 is 1.88 bits per heavy atom. The highest BCUT2D eigenvalue weighted by Crippen LogP contribution is 2.29. The number of piperidine rings is 2. The summed E-state index contributed by atoms with van der Waals surface area (Å²) in [6.07, 6.45) is 6.23. The quantitative estimate of drug-likeness (QED) is 0.622. The molecule has 1 aromatic rings. The fourth-order valence-corrected chi connectivity index (χ4v) is 5.11. The van der Waals surface area contributed by atoms with E-state index >= 15 is 0 Å². The predicted molar refractivity (Wildman–Crippen MR) is 135 cm³/mol. The van der Waals surface area contributed by atoms with E-state index in [1.54, 1.807) is 0 Å². The van der Waals surface area contributed by atoms with Gasteiger partial charge in [-0.3, -0.25) is 4.90 Å². The molecule has 3 aliphatic heterocycles. The molecule has 3 aliphatic rings. The molecule has 178 valence electrons. The lowest BCUT2D eigenvalue weighted by Gasteiger charge is -2.36. The summed E-state index contributed by atoms with van der Waals surface area (Å²) in [5, 5.41) is 7.17. The molecule has 9 heteroatoms. The number of morpholine rings is 1. The van der Waals surface area contributed by atoms with Gasteiger partial charge in [-0.1, -0.05) is 6.92 Å². The summed E-state index contributed by atoms with van der Waals surface area (Å²) >= 11 is 5.57. The summed E-state index contributed by atoms with van der Waals surface area (Å²) in [6.45, 7) is 13.1. The van der Waals surface area contributed by atoms with Gasteiger partial charge in [-0.25, -0.2) is 0 Å². The molecule has 3 fully saturated rings. The topological polar surface area (TPSA) is 68.8 Å². The van der Waals surface area contributed by atoms with Crippen molar-refractivity contribution in [3.05, 3.63) is 6.07 Å². The number of hydrogen-bond donors (Lipinski definition) is 2. The summed E-state index contributed by atoms with van der Waals surface area (Å²) in [7, 11) is 0. The Morgan fingerprint density at radius 1 is 1.06 bits per heavy atom. The van der Waals surface area contributed by atoms with E-state index < -0.39 is 0 Å². The van der Waals surface area contributed by atoms with Gasteiger partial charge >= 0.3 is 0 Å². The summed E-state index contributed by atoms with van der Waals surface area (Å²) in [6, 6.07) is 2.68. The molecular formula is C23H39N7OS. The van der Waals surface area contributed by atoms with Gasteiger partial charge in [0.2, 0.25) is 5.95 Å². The number of nitrogens with zero attached hydrogens (tertiary/aromatic N) is 5. The normalized spacial score (nSPS) is 24.9. The van der Waals surface area contributed by atoms with Crippen molar-refractivity contribution in [3.63, 3.8) is 0 Å². The van der Waals surface area contributed by atoms with Crippen LogP contribution in [0.5, 0.6) is 0 Å². The average molecular weight is 462 g/mol. The smallest absolute Gasteiger partial charge is 0.232 e. The van der Waals surface area contributed by atoms with E-state index in [2.05, 4.69) is 45.2 Å². The first-order valence-electron chi connectivity index (χ1n) is 12.3. The summed E-state index contributed by atoms with van der Waals surface area (Å²) in [4.78, 5) is 17.0. The molecule has 4 heterocycles. The lowest BCUT2D eigenvalue weighted by atomic mass is 10.0. The second-order valence-electron chi connectivity index (χ2n) is 9.47. The molecule has 2 atom stereocenters. The number of ether oxygens (including phenoxy) is 1. The van der Waals surface area contributed by atoms with Crippen LogP contribution in [0, 0.1) is 5.92 Å². The van der Waals surface area contributed by atoms with E-state index in [9.17, 15) is 0 Å². The molecule has 0 aromatic carbocycles. The Labute approximate surface area is 198 Å². The first kappa shape index (κ1) is 23.4. The third kappa shape index (κ3) is 6.42. The van der Waals surface area contributed by atoms with E-state index in [0.29, 0.717) is 23.0 Å². The Balaban J connectivity index is 1.43. The van der Waals surface area contributed by atoms with Crippen LogP contribution in [-0.4, -0.2) is 85.0 Å². The molecule has 0 radical (unpaired) electrons. The zero-order valence-corrected chi connectivity index (χ0v) is 20.5. The van der Waals surface area contributed by atoms with Crippen molar-refractivity contribution in [2.24, 2.45) is 5.92 Å². The maximum absolute atomic E-state index is 5.57. The second-order valence-corrected chi connectivity index (χ2v) is 9.88. The molecule has 0 amide bonds. The van der Waals surface area contributed by atoms with Gasteiger partial charge in [0.25, 0.3) is 0 Å². The molecule has 32 heavy (non-hydrogen) atoms. The van der Waals surface area contributed by atoms with Crippen molar-refractivity contribution < 1.29 is 4.74 Å². The fraction of sp³-hybridized carbons (Fsp3) is 0.783. The Morgan fingerprint density at radius 3 is 2.66 bits per heavy atom. The largest absolute Gasteiger partial charge is 0.379 e. The van der Waals surface area contributed by atoms with Crippen molar-refractivity contribution in [1.82, 2.24) is 20.2 Å². The Hall–Kier alpha value is -1.71. The van der Waals surface area contributed by atoms with Crippen LogP contribution < -0.4 is 20.4 Å². The van der Waals surface area contributed by atoms with Crippen LogP contribution >= 0.6 is 12.2 Å². The van der Waals surface area contributed by atoms with Crippen molar-refractivity contribution in [1.29, 1.82) is 0 Å². The molecular weight excluding hydrogens is 422 g/mol. The minimum absolute atomic E-state index is 0.498. The second kappa shape index (κ2) is 11.4. The molecule has 0 aliphatic carbocycles. The minimum Gasteiger partial charge on any atom is -0.379 e. The van der Waals surface area contributed by atoms with Crippen molar-refractivity contribution in [2.45, 2.75) is 52.0 Å². The molecule has 3 saturated heterocycles. The summed E-state index contributed by atoms with van der Waals surface area (Å²) in [5.41, 5.74) is 0. The van der Waals surface area contributed by atoms with Gasteiger partial charge in [0, 0.05) is 57.9 Å². The van der Waals surface area contributed by atoms with Crippen LogP contribution in [0.2, 0.25) is 0 Å². The predicted octanol–water partition coefficient (Wildman–Crippen LogP) is 2.71. The van der Waals surface area contributed by atoms with Crippen molar-refractivity contribution >= 4 is 34.9 Å². The van der Waals surface area contributed by atoms with Crippen LogP contribution in [0.1, 0.15) is 46.0 Å². The number of anilines is 3. The van der Waals surface area contributed by atoms with Gasteiger partial charge < -0.3 is 25.2 Å². The van der Waals surface area contributed by atoms with Crippen LogP contribution in [0.4, 0.5) is 17.6 Å². The molecule has 0 spiro atoms. The fourth-order valence-electron chi connectivity index (χ4n) is 4.92. The lowest BCUT2D eigenvalue weighted by molar-refractivity contribution is 0.0389. The van der Waals surface area contributed by atoms with Crippen molar-refractivity contribution in [2.75, 3.05) is 74.1 Å². The van der Waals surface area contributed by atoms with Crippen LogP contribution in [0.15, 0.2) is 6.07 Å². The van der Waals surface area contributed by atoms with Crippen LogP contribution in [-0.2, 0) is 4.74 Å². The summed E-state index contributed by atoms with van der Waals surface area (Å²) in [5.74, 6) is 3.31. The maximum Gasteiger partial charge on any atom is 0.232 e. The molecule has 8 nitrogen and oxygen atoms in total. The highest BCUT2D eigenvalue weighted by Gasteiger charge is 2.24. The highest BCUT2D eigenvalue weighted by molar-refractivity contribution is 7.80. The highest BCUT2D eigenvalue weighted by atomic mass is 32.1. The molecule has 1 aromatic heterocycles. The van der Waals surface area contributed by atoms with Crippen LogP contribution in [0.25, 0.3) is 0 Å². The van der Waals surface area contributed by atoms with E-state index in [4.69, 9.17) is 26.9 Å². The Kier molecular flexibility index (Phi) is 8.37. The number of nitrogens with one attached hydrogen (secondary N) is 2. The third-order valence-electron chi connectivity index (χ3n) is 6.82. The number of hydrogen-bond acceptors (Lipinski definition) is 7. The van der Waals surface area contributed by atoms with E-state index in [1.807, 2.05) is 0 Å². The van der Waals surface area contributed by atoms with E-state index in [1.165, 1.54) is 32.1 Å². The minimum atomic E-state index is 0.498. The number of thiocarbonyl (C=S) groups is 1. The summed E-state index contributed by atoms with van der Waals surface area (Å²) < 4.78 is 5.42. The van der Waals surface area contributed by atoms with Gasteiger partial charge in [0.05, 0.1) is 13.2 Å². The first-order chi connectivity index (χ1) is 15.6. The SMILES string of the molecule is C[C@@H]1CCCN(c2cc(N3CCCC[C@H]3C)nc(NC(=S)NCCN3CCOCC3)n2)C1. The van der Waals surface area contributed by atoms with E-state index in [0.717, 1.165) is 70.7 Å². The molecule has 4 rings (SSSR count). The Bertz CT molecular complexity index is 758. The maximum atomic E-state index is 5.57. The number of rotatable bonds is 6. The monoisotopic (exact) mass is 461 g/mol. The first-order valence-corrected chi connectivity index (χ1v) is 12.7. The molecule has 0 bridgehead atoms. The van der Waals surface area contributed by atoms with Gasteiger partial charge in [-0.2, -0.15) is 9.97 Å². The van der Waals surface area contributed by atoms with Gasteiger partial charge in [-0.05, 0) is 57.2 Å². The third-order valence-corrected chi connectivity index (χ3v) is 7.07. The molecule has 2 N–H and O–H groups in total. The average Bonchev–Trinajstić information content (AvgIpc) is 2.80. The van der Waals surface area contributed by atoms with Crippen molar-refractivity contribution in [3.8, 4) is 0 Å². The van der Waals surface area contributed by atoms with Gasteiger partial charge in [0.15, 0.2) is 5.11 Å². The van der Waals surface area contributed by atoms with Crippen LogP contribution in [0.3, 0.4) is 0 Å². The van der Waals surface area contributed by atoms with E-state index in [-0.39, 0.29) is 0 Å². The lowest BCUT2D eigenvalue weighted by Crippen LogP contribution is -2.42. The van der Waals surface area contributed by atoms with Gasteiger partial charge in [-0.15, -0.1) is 0 Å². The standard InChI is InChI=1S/C23H39N7OS/c1-18-6-5-9-29(17-18)20-16-21(30-10-4-3-7-19(30)2)26-22(25-20)27-23(32)24-8-11-28-12-14-31-15-13-28/h16,18-19H,3-15,17H2,1-2H3,(H2,24,25,26,27,32)/t18-,19-/m1/s1.